The van der Waals surface area contributed by atoms with Crippen molar-refractivity contribution in [3.63, 3.8) is 0 Å². The standard InChI is InChI=1S/C17H19N5O2/c1-22(16(23)9-5-6-13-10-18-19-11-13)12-15-20-17(21-24-15)14-7-3-2-4-8-14/h2-4,7-8,10-11H,5-6,9,12H2,1H3,(H,18,19). The molecule has 0 unspecified atom stereocenters. The molecule has 0 aliphatic rings. The lowest BCUT2D eigenvalue weighted by atomic mass is 10.1. The topological polar surface area (TPSA) is 87.9 Å². The van der Waals surface area contributed by atoms with Gasteiger partial charge in [-0.25, -0.2) is 0 Å². The fraction of sp³-hybridized carbons (Fsp3) is 0.294. The minimum absolute atomic E-state index is 0.0537. The average molecular weight is 325 g/mol. The highest BCUT2D eigenvalue weighted by Gasteiger charge is 2.14. The SMILES string of the molecule is CN(Cc1nc(-c2ccccc2)no1)C(=O)CCCc1cn[nH]c1. The van der Waals surface area contributed by atoms with Crippen LogP contribution in [0.15, 0.2) is 47.2 Å². The molecule has 7 heteroatoms. The first-order chi connectivity index (χ1) is 11.7. The summed E-state index contributed by atoms with van der Waals surface area (Å²) in [4.78, 5) is 18.1. The van der Waals surface area contributed by atoms with E-state index in [4.69, 9.17) is 4.52 Å². The van der Waals surface area contributed by atoms with E-state index >= 15 is 0 Å². The van der Waals surface area contributed by atoms with Crippen LogP contribution in [0.3, 0.4) is 0 Å². The molecular formula is C17H19N5O2. The molecule has 0 saturated carbocycles. The molecule has 124 valence electrons. The number of hydrogen-bond acceptors (Lipinski definition) is 5. The van der Waals surface area contributed by atoms with Crippen LogP contribution in [0.5, 0.6) is 0 Å². The molecule has 1 aromatic carbocycles. The first kappa shape index (κ1) is 15.9. The lowest BCUT2D eigenvalue weighted by Gasteiger charge is -2.14. The largest absolute Gasteiger partial charge is 0.337 e. The third-order valence-corrected chi connectivity index (χ3v) is 3.71. The van der Waals surface area contributed by atoms with Gasteiger partial charge in [0, 0.05) is 25.2 Å². The van der Waals surface area contributed by atoms with Gasteiger partial charge in [0.25, 0.3) is 0 Å². The highest BCUT2D eigenvalue weighted by molar-refractivity contribution is 5.75. The second-order valence-electron chi connectivity index (χ2n) is 5.59. The molecule has 0 radical (unpaired) electrons. The summed E-state index contributed by atoms with van der Waals surface area (Å²) in [5.41, 5.74) is 2.00. The van der Waals surface area contributed by atoms with Gasteiger partial charge in [-0.3, -0.25) is 9.89 Å². The zero-order valence-corrected chi connectivity index (χ0v) is 13.5. The molecule has 1 amide bonds. The number of aromatic nitrogens is 4. The molecule has 0 atom stereocenters. The summed E-state index contributed by atoms with van der Waals surface area (Å²) in [5.74, 6) is 1.02. The smallest absolute Gasteiger partial charge is 0.246 e. The van der Waals surface area contributed by atoms with Gasteiger partial charge in [-0.2, -0.15) is 10.1 Å². The van der Waals surface area contributed by atoms with E-state index in [1.807, 2.05) is 36.5 Å². The van der Waals surface area contributed by atoms with Gasteiger partial charge in [-0.1, -0.05) is 35.5 Å². The molecule has 7 nitrogen and oxygen atoms in total. The Hall–Kier alpha value is -2.96. The van der Waals surface area contributed by atoms with Crippen molar-refractivity contribution in [1.29, 1.82) is 0 Å². The number of H-pyrrole nitrogens is 1. The Morgan fingerprint density at radius 1 is 1.29 bits per heavy atom. The third-order valence-electron chi connectivity index (χ3n) is 3.71. The minimum Gasteiger partial charge on any atom is -0.337 e. The lowest BCUT2D eigenvalue weighted by Crippen LogP contribution is -2.26. The number of hydrogen-bond donors (Lipinski definition) is 1. The predicted molar refractivity (Wildman–Crippen MR) is 87.7 cm³/mol. The van der Waals surface area contributed by atoms with Crippen LogP contribution in [0, 0.1) is 0 Å². The number of aryl methyl sites for hydroxylation is 1. The second-order valence-corrected chi connectivity index (χ2v) is 5.59. The third kappa shape index (κ3) is 4.07. The molecule has 0 fully saturated rings. The first-order valence-corrected chi connectivity index (χ1v) is 7.82. The van der Waals surface area contributed by atoms with Gasteiger partial charge < -0.3 is 9.42 Å². The molecule has 2 heterocycles. The van der Waals surface area contributed by atoms with Gasteiger partial charge >= 0.3 is 0 Å². The maximum absolute atomic E-state index is 12.2. The number of rotatable bonds is 7. The molecule has 0 aliphatic carbocycles. The zero-order valence-electron chi connectivity index (χ0n) is 13.5. The average Bonchev–Trinajstić information content (AvgIpc) is 3.27. The van der Waals surface area contributed by atoms with E-state index in [0.717, 1.165) is 24.0 Å². The van der Waals surface area contributed by atoms with E-state index in [1.54, 1.807) is 18.1 Å². The molecular weight excluding hydrogens is 306 g/mol. The maximum Gasteiger partial charge on any atom is 0.246 e. The highest BCUT2D eigenvalue weighted by atomic mass is 16.5. The van der Waals surface area contributed by atoms with E-state index in [1.165, 1.54) is 0 Å². The van der Waals surface area contributed by atoms with Crippen LogP contribution in [0.4, 0.5) is 0 Å². The van der Waals surface area contributed by atoms with Crippen LogP contribution >= 0.6 is 0 Å². The van der Waals surface area contributed by atoms with Crippen molar-refractivity contribution in [3.05, 3.63) is 54.2 Å². The van der Waals surface area contributed by atoms with Crippen LogP contribution in [-0.2, 0) is 17.8 Å². The Morgan fingerprint density at radius 3 is 2.88 bits per heavy atom. The van der Waals surface area contributed by atoms with E-state index in [0.29, 0.717) is 24.7 Å². The molecule has 0 saturated heterocycles. The summed E-state index contributed by atoms with van der Waals surface area (Å²) < 4.78 is 5.24. The second kappa shape index (κ2) is 7.54. The maximum atomic E-state index is 12.2. The van der Waals surface area contributed by atoms with Gasteiger partial charge in [0.05, 0.1) is 12.7 Å². The van der Waals surface area contributed by atoms with Gasteiger partial charge in [0.1, 0.15) is 0 Å². The van der Waals surface area contributed by atoms with Crippen molar-refractivity contribution in [2.24, 2.45) is 0 Å². The summed E-state index contributed by atoms with van der Waals surface area (Å²) in [6.07, 6.45) is 5.70. The Kier molecular flexibility index (Phi) is 5.00. The first-order valence-electron chi connectivity index (χ1n) is 7.82. The number of benzene rings is 1. The Labute approximate surface area is 139 Å². The number of nitrogens with one attached hydrogen (secondary N) is 1. The Bertz CT molecular complexity index is 767. The van der Waals surface area contributed by atoms with Crippen LogP contribution < -0.4 is 0 Å². The van der Waals surface area contributed by atoms with E-state index in [9.17, 15) is 4.79 Å². The molecule has 24 heavy (non-hydrogen) atoms. The fourth-order valence-electron chi connectivity index (χ4n) is 2.36. The summed E-state index contributed by atoms with van der Waals surface area (Å²) in [6.45, 7) is 0.310. The zero-order chi connectivity index (χ0) is 16.8. The number of aromatic amines is 1. The van der Waals surface area contributed by atoms with Crippen molar-refractivity contribution in [2.75, 3.05) is 7.05 Å². The monoisotopic (exact) mass is 325 g/mol. The number of carbonyl (C=O) groups is 1. The fourth-order valence-corrected chi connectivity index (χ4v) is 2.36. The van der Waals surface area contributed by atoms with E-state index in [2.05, 4.69) is 20.3 Å². The quantitative estimate of drug-likeness (QED) is 0.721. The normalized spacial score (nSPS) is 10.7. The van der Waals surface area contributed by atoms with Crippen molar-refractivity contribution < 1.29 is 9.32 Å². The number of carbonyl (C=O) groups excluding carboxylic acids is 1. The Balaban J connectivity index is 1.50. The summed E-state index contributed by atoms with van der Waals surface area (Å²) in [6, 6.07) is 9.60. The van der Waals surface area contributed by atoms with Crippen LogP contribution in [0.1, 0.15) is 24.3 Å². The minimum atomic E-state index is 0.0537. The van der Waals surface area contributed by atoms with Crippen molar-refractivity contribution >= 4 is 5.91 Å². The summed E-state index contributed by atoms with van der Waals surface area (Å²) >= 11 is 0. The summed E-state index contributed by atoms with van der Waals surface area (Å²) in [5, 5.41) is 10.6. The summed E-state index contributed by atoms with van der Waals surface area (Å²) in [7, 11) is 1.74. The predicted octanol–water partition coefficient (Wildman–Crippen LogP) is 2.44. The van der Waals surface area contributed by atoms with Crippen LogP contribution in [-0.4, -0.2) is 38.2 Å². The number of nitrogens with zero attached hydrogens (tertiary/aromatic N) is 4. The lowest BCUT2D eigenvalue weighted by molar-refractivity contribution is -0.130. The molecule has 1 N–H and O–H groups in total. The van der Waals surface area contributed by atoms with Crippen LogP contribution in [0.25, 0.3) is 11.4 Å². The molecule has 3 aromatic rings. The van der Waals surface area contributed by atoms with Gasteiger partial charge in [-0.15, -0.1) is 0 Å². The van der Waals surface area contributed by atoms with Crippen LogP contribution in [0.2, 0.25) is 0 Å². The molecule has 3 rings (SSSR count). The Morgan fingerprint density at radius 2 is 2.12 bits per heavy atom. The highest BCUT2D eigenvalue weighted by Crippen LogP contribution is 2.15. The molecule has 0 bridgehead atoms. The van der Waals surface area contributed by atoms with Crippen molar-refractivity contribution in [1.82, 2.24) is 25.2 Å². The van der Waals surface area contributed by atoms with Gasteiger partial charge in [-0.05, 0) is 18.4 Å². The van der Waals surface area contributed by atoms with Crippen molar-refractivity contribution in [3.8, 4) is 11.4 Å². The van der Waals surface area contributed by atoms with Gasteiger partial charge in [0.15, 0.2) is 0 Å². The molecule has 2 aromatic heterocycles. The van der Waals surface area contributed by atoms with Crippen molar-refractivity contribution in [2.45, 2.75) is 25.8 Å². The molecule has 0 aliphatic heterocycles. The van der Waals surface area contributed by atoms with Gasteiger partial charge in [0.2, 0.25) is 17.6 Å². The van der Waals surface area contributed by atoms with E-state index < -0.39 is 0 Å². The van der Waals surface area contributed by atoms with E-state index in [-0.39, 0.29) is 5.91 Å². The number of amides is 1. The molecule has 0 spiro atoms.